The molecular weight excluding hydrogens is 256 g/mol. The second-order valence-electron chi connectivity index (χ2n) is 4.61. The van der Waals surface area contributed by atoms with Crippen LogP contribution in [0.15, 0.2) is 11.4 Å². The lowest BCUT2D eigenvalue weighted by atomic mass is 10.1. The van der Waals surface area contributed by atoms with Crippen LogP contribution in [0.3, 0.4) is 0 Å². The first kappa shape index (κ1) is 13.3. The maximum absolute atomic E-state index is 5.99. The third-order valence-electron chi connectivity index (χ3n) is 3.20. The molecule has 1 aliphatic heterocycles. The molecule has 2 N–H and O–H groups in total. The minimum absolute atomic E-state index is 0.258. The summed E-state index contributed by atoms with van der Waals surface area (Å²) in [6.07, 6.45) is 0.274. The topological polar surface area (TPSA) is 38.5 Å². The van der Waals surface area contributed by atoms with E-state index in [-0.39, 0.29) is 12.1 Å². The number of hydrogen-bond donors (Lipinski definition) is 1. The van der Waals surface area contributed by atoms with Crippen LogP contribution in [0.1, 0.15) is 24.8 Å². The first-order valence-electron chi connectivity index (χ1n) is 5.93. The number of ether oxygens (including phenoxy) is 1. The minimum Gasteiger partial charge on any atom is -0.376 e. The summed E-state index contributed by atoms with van der Waals surface area (Å²) < 4.78 is 5.65. The Kier molecular flexibility index (Phi) is 4.44. The van der Waals surface area contributed by atoms with Crippen molar-refractivity contribution < 1.29 is 4.74 Å². The van der Waals surface area contributed by atoms with E-state index in [1.165, 1.54) is 4.88 Å². The first-order valence-corrected chi connectivity index (χ1v) is 7.19. The zero-order valence-electron chi connectivity index (χ0n) is 10.2. The average Bonchev–Trinajstić information content (AvgIpc) is 2.71. The van der Waals surface area contributed by atoms with Crippen LogP contribution in [-0.4, -0.2) is 36.7 Å². The highest BCUT2D eigenvalue weighted by Gasteiger charge is 2.30. The van der Waals surface area contributed by atoms with Crippen molar-refractivity contribution >= 4 is 22.9 Å². The molecule has 96 valence electrons. The van der Waals surface area contributed by atoms with Gasteiger partial charge in [-0.25, -0.2) is 0 Å². The highest BCUT2D eigenvalue weighted by molar-refractivity contribution is 7.10. The van der Waals surface area contributed by atoms with Crippen LogP contribution in [0.4, 0.5) is 0 Å². The van der Waals surface area contributed by atoms with Crippen molar-refractivity contribution in [3.8, 4) is 0 Å². The summed E-state index contributed by atoms with van der Waals surface area (Å²) in [5.41, 5.74) is 5.93. The summed E-state index contributed by atoms with van der Waals surface area (Å²) in [6.45, 7) is 6.61. The summed E-state index contributed by atoms with van der Waals surface area (Å²) >= 11 is 7.68. The van der Waals surface area contributed by atoms with Crippen molar-refractivity contribution in [3.05, 3.63) is 21.3 Å². The lowest BCUT2D eigenvalue weighted by Gasteiger charge is -2.41. The van der Waals surface area contributed by atoms with Crippen molar-refractivity contribution in [1.82, 2.24) is 4.90 Å². The van der Waals surface area contributed by atoms with Crippen LogP contribution in [0, 0.1) is 0 Å². The van der Waals surface area contributed by atoms with Crippen LogP contribution in [0.2, 0.25) is 5.02 Å². The molecule has 1 saturated heterocycles. The van der Waals surface area contributed by atoms with Gasteiger partial charge in [0.05, 0.1) is 23.8 Å². The molecule has 2 heterocycles. The van der Waals surface area contributed by atoms with Gasteiger partial charge in [-0.15, -0.1) is 11.3 Å². The molecule has 0 spiro atoms. The molecule has 0 aromatic carbocycles. The summed E-state index contributed by atoms with van der Waals surface area (Å²) in [6, 6.07) is 2.69. The van der Waals surface area contributed by atoms with Crippen molar-refractivity contribution in [1.29, 1.82) is 0 Å². The lowest BCUT2D eigenvalue weighted by Crippen LogP contribution is -2.50. The monoisotopic (exact) mass is 274 g/mol. The molecule has 0 bridgehead atoms. The Bertz CT molecular complexity index is 371. The van der Waals surface area contributed by atoms with E-state index >= 15 is 0 Å². The van der Waals surface area contributed by atoms with Gasteiger partial charge >= 0.3 is 0 Å². The Morgan fingerprint density at radius 1 is 1.65 bits per heavy atom. The SMILES string of the molecule is CC1CN(C(CN)c2cc(Cl)cs2)C(C)CO1. The molecule has 0 radical (unpaired) electrons. The Balaban J connectivity index is 2.16. The number of halogens is 1. The van der Waals surface area contributed by atoms with E-state index in [1.807, 2.05) is 11.4 Å². The van der Waals surface area contributed by atoms with Gasteiger partial charge in [-0.1, -0.05) is 11.6 Å². The first-order chi connectivity index (χ1) is 8.11. The van der Waals surface area contributed by atoms with Crippen LogP contribution in [0.25, 0.3) is 0 Å². The van der Waals surface area contributed by atoms with E-state index in [0.29, 0.717) is 12.6 Å². The number of thiophene rings is 1. The summed E-state index contributed by atoms with van der Waals surface area (Å²) in [7, 11) is 0. The zero-order valence-corrected chi connectivity index (χ0v) is 11.8. The number of morpholine rings is 1. The highest BCUT2D eigenvalue weighted by atomic mass is 35.5. The number of nitrogens with zero attached hydrogens (tertiary/aromatic N) is 1. The number of hydrogen-bond acceptors (Lipinski definition) is 4. The third-order valence-corrected chi connectivity index (χ3v) is 4.58. The second-order valence-corrected chi connectivity index (χ2v) is 5.99. The van der Waals surface area contributed by atoms with Crippen molar-refractivity contribution in [2.24, 2.45) is 5.73 Å². The molecule has 1 aromatic rings. The smallest absolute Gasteiger partial charge is 0.0675 e. The second kappa shape index (κ2) is 5.67. The summed E-state index contributed by atoms with van der Waals surface area (Å²) in [5, 5.41) is 2.77. The van der Waals surface area contributed by atoms with E-state index in [1.54, 1.807) is 11.3 Å². The number of nitrogens with two attached hydrogens (primary N) is 1. The largest absolute Gasteiger partial charge is 0.376 e. The predicted molar refractivity (Wildman–Crippen MR) is 72.7 cm³/mol. The average molecular weight is 275 g/mol. The van der Waals surface area contributed by atoms with Gasteiger partial charge in [-0.2, -0.15) is 0 Å². The van der Waals surface area contributed by atoms with Crippen LogP contribution in [-0.2, 0) is 4.74 Å². The fourth-order valence-electron chi connectivity index (χ4n) is 2.28. The number of rotatable bonds is 3. The predicted octanol–water partition coefficient (Wildman–Crippen LogP) is 2.51. The molecule has 3 nitrogen and oxygen atoms in total. The van der Waals surface area contributed by atoms with Crippen molar-refractivity contribution in [3.63, 3.8) is 0 Å². The Labute approximate surface area is 112 Å². The fraction of sp³-hybridized carbons (Fsp3) is 0.667. The molecule has 3 unspecified atom stereocenters. The molecule has 2 rings (SSSR count). The van der Waals surface area contributed by atoms with E-state index in [0.717, 1.165) is 18.2 Å². The van der Waals surface area contributed by atoms with Gasteiger partial charge in [0.25, 0.3) is 0 Å². The normalized spacial score (nSPS) is 28.2. The molecule has 0 amide bonds. The van der Waals surface area contributed by atoms with Gasteiger partial charge in [-0.05, 0) is 19.9 Å². The highest BCUT2D eigenvalue weighted by Crippen LogP contribution is 2.31. The Morgan fingerprint density at radius 3 is 3.00 bits per heavy atom. The molecular formula is C12H19ClN2OS. The Hall–Kier alpha value is -0.130. The van der Waals surface area contributed by atoms with Crippen molar-refractivity contribution in [2.75, 3.05) is 19.7 Å². The third kappa shape index (κ3) is 3.01. The van der Waals surface area contributed by atoms with Crippen LogP contribution in [0.5, 0.6) is 0 Å². The van der Waals surface area contributed by atoms with Crippen LogP contribution < -0.4 is 5.73 Å². The minimum atomic E-state index is 0.258. The molecule has 3 atom stereocenters. The van der Waals surface area contributed by atoms with Gasteiger partial charge in [0.1, 0.15) is 0 Å². The zero-order chi connectivity index (χ0) is 12.4. The van der Waals surface area contributed by atoms with Gasteiger partial charge < -0.3 is 10.5 Å². The molecule has 0 aliphatic carbocycles. The van der Waals surface area contributed by atoms with Gasteiger partial charge in [0, 0.05) is 29.4 Å². The lowest BCUT2D eigenvalue weighted by molar-refractivity contribution is -0.0648. The quantitative estimate of drug-likeness (QED) is 0.920. The molecule has 5 heteroatoms. The standard InChI is InChI=1S/C12H19ClN2OS/c1-8-6-16-9(2)5-15(8)11(4-14)12-3-10(13)7-17-12/h3,7-9,11H,4-6,14H2,1-2H3. The molecule has 17 heavy (non-hydrogen) atoms. The molecule has 0 saturated carbocycles. The van der Waals surface area contributed by atoms with Crippen molar-refractivity contribution in [2.45, 2.75) is 32.0 Å². The van der Waals surface area contributed by atoms with E-state index in [4.69, 9.17) is 22.1 Å². The maximum Gasteiger partial charge on any atom is 0.0675 e. The fourth-order valence-corrected chi connectivity index (χ4v) is 3.50. The van der Waals surface area contributed by atoms with Crippen LogP contribution >= 0.6 is 22.9 Å². The van der Waals surface area contributed by atoms with Gasteiger partial charge in [0.15, 0.2) is 0 Å². The van der Waals surface area contributed by atoms with E-state index < -0.39 is 0 Å². The maximum atomic E-state index is 5.99. The van der Waals surface area contributed by atoms with Gasteiger partial charge in [0.2, 0.25) is 0 Å². The van der Waals surface area contributed by atoms with E-state index in [9.17, 15) is 0 Å². The molecule has 1 fully saturated rings. The van der Waals surface area contributed by atoms with E-state index in [2.05, 4.69) is 18.7 Å². The summed E-state index contributed by atoms with van der Waals surface area (Å²) in [5.74, 6) is 0. The molecule has 1 aromatic heterocycles. The molecule has 1 aliphatic rings. The van der Waals surface area contributed by atoms with Gasteiger partial charge in [-0.3, -0.25) is 4.90 Å². The summed E-state index contributed by atoms with van der Waals surface area (Å²) in [4.78, 5) is 3.68. The Morgan fingerprint density at radius 2 is 2.41 bits per heavy atom.